The van der Waals surface area contributed by atoms with Crippen LogP contribution >= 0.6 is 0 Å². The molecule has 0 amide bonds. The molecule has 0 aliphatic heterocycles. The maximum Gasteiger partial charge on any atom is 0.160 e. The monoisotopic (exact) mass is 691 g/mol. The zero-order valence-corrected chi connectivity index (χ0v) is 29.3. The molecule has 0 spiro atoms. The predicted octanol–water partition coefficient (Wildman–Crippen LogP) is 12.0. The van der Waals surface area contributed by atoms with E-state index in [1.54, 1.807) is 6.20 Å². The molecule has 5 nitrogen and oxygen atoms in total. The Morgan fingerprint density at radius 1 is 0.241 bits per heavy atom. The van der Waals surface area contributed by atoms with E-state index in [1.165, 1.54) is 0 Å². The Morgan fingerprint density at radius 3 is 1.44 bits per heavy atom. The minimum Gasteiger partial charge on any atom is -0.255 e. The van der Waals surface area contributed by atoms with E-state index in [4.69, 9.17) is 19.9 Å². The van der Waals surface area contributed by atoms with Crippen molar-refractivity contribution in [3.8, 4) is 90.1 Å². The Labute approximate surface area is 314 Å². The lowest BCUT2D eigenvalue weighted by Crippen LogP contribution is -1.97. The quantitative estimate of drug-likeness (QED) is 0.159. The fraction of sp³-hybridized carbons (Fsp3) is 0. The second kappa shape index (κ2) is 14.7. The first-order valence-electron chi connectivity index (χ1n) is 17.9. The Balaban J connectivity index is 1.17. The van der Waals surface area contributed by atoms with Gasteiger partial charge < -0.3 is 0 Å². The van der Waals surface area contributed by atoms with Gasteiger partial charge in [0, 0.05) is 29.1 Å². The molecule has 0 aliphatic carbocycles. The molecule has 9 aromatic rings. The first-order valence-corrected chi connectivity index (χ1v) is 17.9. The van der Waals surface area contributed by atoms with Crippen molar-refractivity contribution in [1.82, 2.24) is 24.9 Å². The molecule has 54 heavy (non-hydrogen) atoms. The molecule has 0 saturated carbocycles. The molecular weight excluding hydrogens is 659 g/mol. The number of nitrogens with zero attached hydrogens (tertiary/aromatic N) is 5. The Kier molecular flexibility index (Phi) is 8.86. The average Bonchev–Trinajstić information content (AvgIpc) is 3.27. The van der Waals surface area contributed by atoms with Crippen molar-refractivity contribution < 1.29 is 0 Å². The van der Waals surface area contributed by atoms with Crippen molar-refractivity contribution >= 4 is 0 Å². The number of rotatable bonds is 8. The summed E-state index contributed by atoms with van der Waals surface area (Å²) in [6.45, 7) is 0. The van der Waals surface area contributed by atoms with Gasteiger partial charge in [-0.25, -0.2) is 15.0 Å². The molecule has 0 saturated heterocycles. The van der Waals surface area contributed by atoms with Crippen LogP contribution in [0.3, 0.4) is 0 Å². The molecule has 0 radical (unpaired) electrons. The maximum atomic E-state index is 5.17. The van der Waals surface area contributed by atoms with Gasteiger partial charge in [-0.05, 0) is 75.8 Å². The Bertz CT molecular complexity index is 2580. The summed E-state index contributed by atoms with van der Waals surface area (Å²) in [6.07, 6.45) is 3.67. The van der Waals surface area contributed by atoms with Crippen LogP contribution in [-0.2, 0) is 0 Å². The molecule has 4 aromatic heterocycles. The Hall–Kier alpha value is -7.37. The first kappa shape index (κ1) is 32.5. The zero-order valence-electron chi connectivity index (χ0n) is 29.3. The highest BCUT2D eigenvalue weighted by molar-refractivity contribution is 5.92. The fourth-order valence-electron chi connectivity index (χ4n) is 6.81. The third-order valence-electron chi connectivity index (χ3n) is 9.44. The van der Waals surface area contributed by atoms with Gasteiger partial charge in [0.1, 0.15) is 0 Å². The molecule has 0 aliphatic rings. The number of hydrogen-bond donors (Lipinski definition) is 0. The minimum absolute atomic E-state index is 0.684. The summed E-state index contributed by atoms with van der Waals surface area (Å²) < 4.78 is 0. The van der Waals surface area contributed by atoms with Gasteiger partial charge in [-0.15, -0.1) is 0 Å². The van der Waals surface area contributed by atoms with E-state index >= 15 is 0 Å². The smallest absolute Gasteiger partial charge is 0.160 e. The van der Waals surface area contributed by atoms with Crippen molar-refractivity contribution in [2.24, 2.45) is 0 Å². The summed E-state index contributed by atoms with van der Waals surface area (Å²) in [7, 11) is 0. The molecule has 254 valence electrons. The van der Waals surface area contributed by atoms with Crippen molar-refractivity contribution in [3.05, 3.63) is 200 Å². The van der Waals surface area contributed by atoms with Crippen LogP contribution in [0.5, 0.6) is 0 Å². The predicted molar refractivity (Wildman–Crippen MR) is 219 cm³/mol. The third-order valence-corrected chi connectivity index (χ3v) is 9.44. The molecule has 5 heteroatoms. The molecule has 4 heterocycles. The van der Waals surface area contributed by atoms with Gasteiger partial charge in [-0.3, -0.25) is 9.97 Å². The molecule has 0 unspecified atom stereocenters. The highest BCUT2D eigenvalue weighted by Gasteiger charge is 2.17. The number of aromatic nitrogens is 5. The summed E-state index contributed by atoms with van der Waals surface area (Å²) in [4.78, 5) is 24.8. The first-order chi connectivity index (χ1) is 26.8. The topological polar surface area (TPSA) is 64.5 Å². The van der Waals surface area contributed by atoms with Crippen LogP contribution in [0.2, 0.25) is 0 Å². The van der Waals surface area contributed by atoms with E-state index in [0.717, 1.165) is 84.2 Å². The number of benzene rings is 5. The zero-order chi connectivity index (χ0) is 36.1. The maximum absolute atomic E-state index is 5.17. The average molecular weight is 692 g/mol. The fourth-order valence-corrected chi connectivity index (χ4v) is 6.81. The third kappa shape index (κ3) is 6.70. The molecule has 0 bridgehead atoms. The second-order valence-electron chi connectivity index (χ2n) is 12.9. The van der Waals surface area contributed by atoms with Gasteiger partial charge in [-0.2, -0.15) is 0 Å². The van der Waals surface area contributed by atoms with Crippen molar-refractivity contribution in [2.75, 3.05) is 0 Å². The highest BCUT2D eigenvalue weighted by Crippen LogP contribution is 2.40. The molecular formula is C49H33N5. The van der Waals surface area contributed by atoms with Crippen LogP contribution in [0.15, 0.2) is 200 Å². The van der Waals surface area contributed by atoms with E-state index in [9.17, 15) is 0 Å². The van der Waals surface area contributed by atoms with Crippen molar-refractivity contribution in [1.29, 1.82) is 0 Å². The molecule has 9 rings (SSSR count). The van der Waals surface area contributed by atoms with Gasteiger partial charge in [0.25, 0.3) is 0 Å². The number of hydrogen-bond acceptors (Lipinski definition) is 5. The second-order valence-corrected chi connectivity index (χ2v) is 12.9. The lowest BCUT2D eigenvalue weighted by atomic mass is 9.90. The van der Waals surface area contributed by atoms with E-state index in [1.807, 2.05) is 66.9 Å². The van der Waals surface area contributed by atoms with E-state index in [2.05, 4.69) is 132 Å². The summed E-state index contributed by atoms with van der Waals surface area (Å²) in [5, 5.41) is 0. The molecule has 0 fully saturated rings. The Morgan fingerprint density at radius 2 is 0.759 bits per heavy atom. The van der Waals surface area contributed by atoms with Crippen molar-refractivity contribution in [3.63, 3.8) is 0 Å². The summed E-state index contributed by atoms with van der Waals surface area (Å²) in [5.41, 5.74) is 14.4. The van der Waals surface area contributed by atoms with Gasteiger partial charge in [-0.1, -0.05) is 146 Å². The normalized spacial score (nSPS) is 11.0. The van der Waals surface area contributed by atoms with Crippen molar-refractivity contribution in [2.45, 2.75) is 0 Å². The highest BCUT2D eigenvalue weighted by atomic mass is 14.9. The molecule has 0 atom stereocenters. The van der Waals surface area contributed by atoms with Gasteiger partial charge in [0.2, 0.25) is 0 Å². The summed E-state index contributed by atoms with van der Waals surface area (Å²) >= 11 is 0. The SMILES string of the molecule is c1ccc(-c2cc(-c3ccccn3)nc(-c3cc(-c4ccccc4-c4ccccc4-c4cc(-c5ccccc5)nc(-c5ccccc5)n4)ccn3)c2)cc1. The van der Waals surface area contributed by atoms with Gasteiger partial charge in [0.15, 0.2) is 5.82 Å². The minimum atomic E-state index is 0.684. The van der Waals surface area contributed by atoms with E-state index in [0.29, 0.717) is 5.82 Å². The van der Waals surface area contributed by atoms with Crippen LogP contribution in [0.25, 0.3) is 90.1 Å². The van der Waals surface area contributed by atoms with Crippen LogP contribution in [-0.4, -0.2) is 24.9 Å². The largest absolute Gasteiger partial charge is 0.255 e. The lowest BCUT2D eigenvalue weighted by Gasteiger charge is -2.16. The van der Waals surface area contributed by atoms with Crippen LogP contribution < -0.4 is 0 Å². The summed E-state index contributed by atoms with van der Waals surface area (Å²) in [5.74, 6) is 0.684. The van der Waals surface area contributed by atoms with E-state index in [-0.39, 0.29) is 0 Å². The molecule has 5 aromatic carbocycles. The number of pyridine rings is 3. The van der Waals surface area contributed by atoms with Crippen LogP contribution in [0.4, 0.5) is 0 Å². The van der Waals surface area contributed by atoms with Crippen LogP contribution in [0.1, 0.15) is 0 Å². The lowest BCUT2D eigenvalue weighted by molar-refractivity contribution is 1.18. The van der Waals surface area contributed by atoms with Crippen LogP contribution in [0, 0.1) is 0 Å². The van der Waals surface area contributed by atoms with E-state index < -0.39 is 0 Å². The summed E-state index contributed by atoms with van der Waals surface area (Å²) in [6, 6.07) is 64.2. The van der Waals surface area contributed by atoms with Gasteiger partial charge >= 0.3 is 0 Å². The van der Waals surface area contributed by atoms with Gasteiger partial charge in [0.05, 0.1) is 34.2 Å². The standard InChI is InChI=1S/C49H33N5/c1-4-16-34(17-5-1)38-31-47(43-26-14-15-28-50-43)52-48(32-38)46-30-37(27-29-51-46)39-22-10-11-23-40(39)41-24-12-13-25-42(41)45-33-44(35-18-6-2-7-19-35)53-49(54-45)36-20-8-3-9-21-36/h1-33H. The molecule has 0 N–H and O–H groups in total.